The minimum Gasteiger partial charge on any atom is -0.504 e. The maximum absolute atomic E-state index is 12.9. The van der Waals surface area contributed by atoms with E-state index in [9.17, 15) is 114 Å². The zero-order valence-corrected chi connectivity index (χ0v) is 66.1. The molecule has 5 aliphatic rings. The standard InChI is InChI=1S/C20H18O7.C19H18O5.C18H14O6.C18H16O5.C17H15NO5/c1-2-3-8-13(20(25)26)27-14-9-12(21)19(24)16-15(14)17(22)10-6-4-5-7-11(10)18(16)23;1-3-6-10(2)24-14-9-13(20)19(23)16-15(14)17(21)11-7-4-5-8-12(11)18(16)22;1-2-9(19)8-24-13-7-12(20)18(23)15-14(13)16(21)10-5-3-4-6-11(10)17(15)22;1-18(2,3)23-12-8-11(19)17(22)14-13(12)15(20)9-6-4-5-7-10(9)16(14)21;18-6-3-7-23-12-8-11(19)17(22)14-13(12)15(20)9-4-1-2-5-10(9)16(14)21/h4-7,9,13,21,24H,2-3,8H2,1H3,(H,25,26);4-5,7-10,20,23H,3,6H2,1-2H3;3-7,20,23H,2,8H2,1H3;4-8,19,22H,1-3H3;1-2,4-5,8,19,22H,3,6-7,18H2. The van der Waals surface area contributed by atoms with Gasteiger partial charge in [0, 0.05) is 92.4 Å². The van der Waals surface area contributed by atoms with Gasteiger partial charge >= 0.3 is 5.97 Å². The van der Waals surface area contributed by atoms with E-state index in [1.165, 1.54) is 54.6 Å². The zero-order chi connectivity index (χ0) is 88.1. The molecular formula is C92H81NO28. The maximum atomic E-state index is 12.9. The van der Waals surface area contributed by atoms with Crippen LogP contribution in [-0.4, -0.2) is 163 Å². The largest absolute Gasteiger partial charge is 0.504 e. The highest BCUT2D eigenvalue weighted by Gasteiger charge is 2.43. The highest BCUT2D eigenvalue weighted by atomic mass is 16.5. The van der Waals surface area contributed by atoms with Crippen molar-refractivity contribution in [2.45, 2.75) is 111 Å². The molecule has 15 rings (SSSR count). The second kappa shape index (κ2) is 35.8. The Hall–Kier alpha value is -15.0. The fraction of sp³-hybridized carbons (Fsp3) is 0.217. The van der Waals surface area contributed by atoms with Gasteiger partial charge in [0.1, 0.15) is 41.0 Å². The van der Waals surface area contributed by atoms with Gasteiger partial charge in [-0.25, -0.2) is 4.79 Å². The van der Waals surface area contributed by atoms with Crippen molar-refractivity contribution in [3.8, 4) is 86.2 Å². The molecule has 0 aromatic heterocycles. The Morgan fingerprint density at radius 3 is 0.893 bits per heavy atom. The average molecular weight is 1650 g/mol. The molecule has 0 aliphatic heterocycles. The lowest BCUT2D eigenvalue weighted by atomic mass is 9.83. The molecule has 29 nitrogen and oxygen atoms in total. The summed E-state index contributed by atoms with van der Waals surface area (Å²) in [5, 5.41) is 109. The van der Waals surface area contributed by atoms with Crippen molar-refractivity contribution >= 4 is 69.6 Å². The average Bonchev–Trinajstić information content (AvgIpc) is 0.757. The first-order valence-corrected chi connectivity index (χ1v) is 38.1. The van der Waals surface area contributed by atoms with Gasteiger partial charge in [0.2, 0.25) is 0 Å². The van der Waals surface area contributed by atoms with E-state index in [1.807, 2.05) is 20.8 Å². The molecule has 121 heavy (non-hydrogen) atoms. The van der Waals surface area contributed by atoms with E-state index in [1.54, 1.807) is 107 Å². The first-order chi connectivity index (χ1) is 57.5. The topological polar surface area (TPSA) is 500 Å². The fourth-order valence-electron chi connectivity index (χ4n) is 14.0. The van der Waals surface area contributed by atoms with Crippen LogP contribution in [-0.2, 0) is 9.59 Å². The molecule has 13 N–H and O–H groups in total. The second-order valence-corrected chi connectivity index (χ2v) is 29.2. The number of ketones is 11. The molecule has 10 aromatic carbocycles. The molecule has 0 amide bonds. The predicted octanol–water partition coefficient (Wildman–Crippen LogP) is 13.2. The third kappa shape index (κ3) is 17.0. The number of carbonyl (C=O) groups excluding carboxylic acids is 11. The van der Waals surface area contributed by atoms with Gasteiger partial charge in [0.25, 0.3) is 0 Å². The Bertz CT molecular complexity index is 6000. The summed E-state index contributed by atoms with van der Waals surface area (Å²) in [6.07, 6.45) is 2.53. The Morgan fingerprint density at radius 2 is 0.620 bits per heavy atom. The van der Waals surface area contributed by atoms with E-state index < -0.39 is 133 Å². The van der Waals surface area contributed by atoms with E-state index in [0.717, 1.165) is 37.5 Å². The van der Waals surface area contributed by atoms with Crippen LogP contribution in [0.4, 0.5) is 0 Å². The summed E-state index contributed by atoms with van der Waals surface area (Å²) in [5.41, 5.74) is 4.97. The van der Waals surface area contributed by atoms with Gasteiger partial charge < -0.3 is 85.6 Å². The molecule has 0 spiro atoms. The molecule has 2 atom stereocenters. The predicted molar refractivity (Wildman–Crippen MR) is 432 cm³/mol. The lowest BCUT2D eigenvalue weighted by Crippen LogP contribution is -2.29. The lowest BCUT2D eigenvalue weighted by molar-refractivity contribution is -0.145. The van der Waals surface area contributed by atoms with Crippen LogP contribution < -0.4 is 29.4 Å². The first-order valence-electron chi connectivity index (χ1n) is 38.1. The summed E-state index contributed by atoms with van der Waals surface area (Å²) in [6.45, 7) is 13.1. The number of carboxylic acids is 1. The first kappa shape index (κ1) is 86.8. The number of hydrogen-bond acceptors (Lipinski definition) is 28. The molecule has 622 valence electrons. The number of carboxylic acid groups (broad SMARTS) is 1. The van der Waals surface area contributed by atoms with Crippen molar-refractivity contribution in [3.63, 3.8) is 0 Å². The summed E-state index contributed by atoms with van der Waals surface area (Å²) < 4.78 is 27.8. The van der Waals surface area contributed by atoms with E-state index in [0.29, 0.717) is 19.4 Å². The van der Waals surface area contributed by atoms with Gasteiger partial charge in [-0.05, 0) is 59.9 Å². The highest BCUT2D eigenvalue weighted by Crippen LogP contribution is 2.50. The fourth-order valence-corrected chi connectivity index (χ4v) is 14.0. The van der Waals surface area contributed by atoms with Crippen LogP contribution in [0.5, 0.6) is 86.2 Å². The number of aliphatic carboxylic acids is 1. The number of benzene rings is 10. The number of carbonyl (C=O) groups is 12. The van der Waals surface area contributed by atoms with Crippen LogP contribution in [0.25, 0.3) is 0 Å². The number of unbranched alkanes of at least 4 members (excludes halogenated alkanes) is 1. The van der Waals surface area contributed by atoms with E-state index in [-0.39, 0.29) is 178 Å². The SMILES string of the molecule is CC(C)(C)Oc1cc(O)c(O)c2c1C(=O)c1ccccc1C2=O.CCC(=O)COc1cc(O)c(O)c2c1C(=O)c1ccccc1C2=O.CCCC(C)Oc1cc(O)c(O)c2c1C(=O)c1ccccc1C2=O.CCCCC(Oc1cc(O)c(O)c2c1C(=O)c1ccccc1C2=O)C(=O)O.NCCCOc1cc(O)c(O)c2c1C(=O)c1ccccc1C2=O. The normalized spacial score (nSPS) is 13.3. The maximum Gasteiger partial charge on any atom is 0.344 e. The quantitative estimate of drug-likeness (QED) is 0.0264. The Balaban J connectivity index is 0.000000148. The molecule has 5 aliphatic carbocycles. The van der Waals surface area contributed by atoms with Crippen LogP contribution in [0.15, 0.2) is 152 Å². The van der Waals surface area contributed by atoms with Crippen molar-refractivity contribution in [2.24, 2.45) is 5.73 Å². The molecular weight excluding hydrogens is 1570 g/mol. The van der Waals surface area contributed by atoms with Crippen molar-refractivity contribution in [3.05, 3.63) is 263 Å². The molecule has 2 unspecified atom stereocenters. The number of nitrogens with two attached hydrogens (primary N) is 1. The summed E-state index contributed by atoms with van der Waals surface area (Å²) in [7, 11) is 0. The molecule has 10 aromatic rings. The van der Waals surface area contributed by atoms with E-state index >= 15 is 0 Å². The number of ether oxygens (including phenoxy) is 5. The Labute approximate surface area is 689 Å². The third-order valence-electron chi connectivity index (χ3n) is 19.8. The van der Waals surface area contributed by atoms with Gasteiger partial charge in [-0.1, -0.05) is 155 Å². The number of Topliss-reactive ketones (excluding diaryl/α,β-unsaturated/α-hetero) is 1. The molecule has 0 saturated heterocycles. The van der Waals surface area contributed by atoms with Crippen LogP contribution >= 0.6 is 0 Å². The summed E-state index contributed by atoms with van der Waals surface area (Å²) in [5.74, 6) is -12.5. The summed E-state index contributed by atoms with van der Waals surface area (Å²) >= 11 is 0. The molecule has 29 heteroatoms. The zero-order valence-electron chi connectivity index (χ0n) is 66.1. The highest BCUT2D eigenvalue weighted by molar-refractivity contribution is 6.34. The second-order valence-electron chi connectivity index (χ2n) is 29.2. The van der Waals surface area contributed by atoms with Gasteiger partial charge in [-0.2, -0.15) is 0 Å². The van der Waals surface area contributed by atoms with E-state index in [4.69, 9.17) is 29.4 Å². The van der Waals surface area contributed by atoms with Crippen molar-refractivity contribution in [1.29, 1.82) is 0 Å². The van der Waals surface area contributed by atoms with E-state index in [2.05, 4.69) is 0 Å². The molecule has 0 heterocycles. The monoisotopic (exact) mass is 1650 g/mol. The van der Waals surface area contributed by atoms with Gasteiger partial charge in [-0.15, -0.1) is 0 Å². The number of aromatic hydroxyl groups is 10. The number of rotatable bonds is 19. The third-order valence-corrected chi connectivity index (χ3v) is 19.8. The van der Waals surface area contributed by atoms with Crippen molar-refractivity contribution in [2.75, 3.05) is 19.8 Å². The number of fused-ring (bicyclic) bond motifs is 10. The molecule has 0 radical (unpaired) electrons. The van der Waals surface area contributed by atoms with Gasteiger partial charge in [0.05, 0.1) is 68.3 Å². The molecule has 0 saturated carbocycles. The Morgan fingerprint density at radius 1 is 0.355 bits per heavy atom. The minimum absolute atomic E-state index is 0.0111. The van der Waals surface area contributed by atoms with Crippen LogP contribution in [0, 0.1) is 0 Å². The molecule has 0 fully saturated rings. The van der Waals surface area contributed by atoms with Crippen LogP contribution in [0.1, 0.15) is 253 Å². The minimum atomic E-state index is -1.25. The van der Waals surface area contributed by atoms with Crippen molar-refractivity contribution in [1.82, 2.24) is 0 Å². The summed E-state index contributed by atoms with van der Waals surface area (Å²) in [4.78, 5) is 150. The molecule has 0 bridgehead atoms. The number of hydrogen-bond donors (Lipinski definition) is 12. The van der Waals surface area contributed by atoms with Crippen LogP contribution in [0.3, 0.4) is 0 Å². The number of phenolic OH excluding ortho intramolecular Hbond substituents is 10. The smallest absolute Gasteiger partial charge is 0.344 e. The van der Waals surface area contributed by atoms with Gasteiger partial charge in [-0.3, -0.25) is 52.7 Å². The van der Waals surface area contributed by atoms with Gasteiger partial charge in [0.15, 0.2) is 127 Å². The Kier molecular flexibility index (Phi) is 25.7. The lowest BCUT2D eigenvalue weighted by Gasteiger charge is -2.26. The number of phenols is 10. The van der Waals surface area contributed by atoms with Crippen molar-refractivity contribution < 1.29 is 137 Å². The van der Waals surface area contributed by atoms with Crippen LogP contribution in [0.2, 0.25) is 0 Å². The summed E-state index contributed by atoms with van der Waals surface area (Å²) in [6, 6.07) is 37.0.